The minimum Gasteiger partial charge on any atom is -0.490 e. The number of benzene rings is 3. The monoisotopic (exact) mass is 514 g/mol. The Balaban J connectivity index is 1.14. The van der Waals surface area contributed by atoms with Crippen molar-refractivity contribution < 1.29 is 13.9 Å². The Morgan fingerprint density at radius 1 is 0.946 bits per heavy atom. The molecule has 1 aromatic heterocycles. The number of nitrogens with zero attached hydrogens (tertiary/aromatic N) is 2. The third-order valence-electron chi connectivity index (χ3n) is 6.70. The molecular weight excluding hydrogens is 483 g/mol. The van der Waals surface area contributed by atoms with Gasteiger partial charge in [-0.25, -0.2) is 4.39 Å². The standard InChI is InChI=1S/C31H31FN2O2S/c1-33(21-24-14-17-37-22-24)20-23-4-2-7-30(18-23)36-29-12-15-34(16-13-29)31(35)27-6-3-5-26(19-27)25-8-10-28(32)11-9-25/h2-11,14,17-19,22,29H,12-13,15-16,20-21H2,1H3. The van der Waals surface area contributed by atoms with Gasteiger partial charge in [-0.05, 0) is 82.5 Å². The molecule has 0 bridgehead atoms. The zero-order valence-corrected chi connectivity index (χ0v) is 21.8. The second-order valence-electron chi connectivity index (χ2n) is 9.65. The van der Waals surface area contributed by atoms with Crippen molar-refractivity contribution in [1.29, 1.82) is 0 Å². The highest BCUT2D eigenvalue weighted by Crippen LogP contribution is 2.24. The molecule has 1 aliphatic heterocycles. The first-order valence-corrected chi connectivity index (χ1v) is 13.6. The van der Waals surface area contributed by atoms with Crippen molar-refractivity contribution in [3.63, 3.8) is 0 Å². The van der Waals surface area contributed by atoms with Gasteiger partial charge in [0, 0.05) is 44.6 Å². The molecule has 0 atom stereocenters. The van der Waals surface area contributed by atoms with Crippen LogP contribution in [0.1, 0.15) is 34.3 Å². The van der Waals surface area contributed by atoms with Crippen LogP contribution >= 0.6 is 11.3 Å². The van der Waals surface area contributed by atoms with Crippen LogP contribution in [0.25, 0.3) is 11.1 Å². The second-order valence-corrected chi connectivity index (χ2v) is 10.4. The highest BCUT2D eigenvalue weighted by atomic mass is 32.1. The van der Waals surface area contributed by atoms with Gasteiger partial charge in [0.05, 0.1) is 0 Å². The average Bonchev–Trinajstić information content (AvgIpc) is 3.42. The van der Waals surface area contributed by atoms with Gasteiger partial charge < -0.3 is 9.64 Å². The molecule has 0 aliphatic carbocycles. The lowest BCUT2D eigenvalue weighted by Gasteiger charge is -2.32. The largest absolute Gasteiger partial charge is 0.490 e. The van der Waals surface area contributed by atoms with Crippen LogP contribution in [-0.2, 0) is 13.1 Å². The predicted octanol–water partition coefficient (Wildman–Crippen LogP) is 6.87. The molecule has 5 rings (SSSR count). The van der Waals surface area contributed by atoms with E-state index in [-0.39, 0.29) is 17.8 Å². The summed E-state index contributed by atoms with van der Waals surface area (Å²) < 4.78 is 19.6. The SMILES string of the molecule is CN(Cc1ccsc1)Cc1cccc(OC2CCN(C(=O)c3cccc(-c4ccc(F)cc4)c3)CC2)c1. The lowest BCUT2D eigenvalue weighted by atomic mass is 10.0. The molecule has 0 N–H and O–H groups in total. The number of hydrogen-bond donors (Lipinski definition) is 0. The molecule has 0 spiro atoms. The lowest BCUT2D eigenvalue weighted by molar-refractivity contribution is 0.0595. The molecule has 0 unspecified atom stereocenters. The average molecular weight is 515 g/mol. The van der Waals surface area contributed by atoms with Crippen molar-refractivity contribution in [2.45, 2.75) is 32.0 Å². The van der Waals surface area contributed by atoms with Gasteiger partial charge in [-0.15, -0.1) is 0 Å². The molecule has 1 amide bonds. The molecule has 1 fully saturated rings. The number of piperidine rings is 1. The summed E-state index contributed by atoms with van der Waals surface area (Å²) in [4.78, 5) is 17.4. The summed E-state index contributed by atoms with van der Waals surface area (Å²) in [6.45, 7) is 3.10. The molecule has 4 nitrogen and oxygen atoms in total. The van der Waals surface area contributed by atoms with E-state index in [9.17, 15) is 9.18 Å². The first-order chi connectivity index (χ1) is 18.0. The van der Waals surface area contributed by atoms with E-state index in [2.05, 4.69) is 47.0 Å². The van der Waals surface area contributed by atoms with Crippen molar-refractivity contribution in [2.24, 2.45) is 0 Å². The number of halogens is 1. The fraction of sp³-hybridized carbons (Fsp3) is 0.258. The van der Waals surface area contributed by atoms with Crippen LogP contribution < -0.4 is 4.74 Å². The number of likely N-dealkylation sites (tertiary alicyclic amines) is 1. The number of carbonyl (C=O) groups is 1. The van der Waals surface area contributed by atoms with Crippen molar-refractivity contribution in [2.75, 3.05) is 20.1 Å². The molecule has 4 aromatic rings. The number of ether oxygens (including phenoxy) is 1. The third kappa shape index (κ3) is 6.64. The normalized spacial score (nSPS) is 14.2. The van der Waals surface area contributed by atoms with Gasteiger partial charge in [-0.1, -0.05) is 36.4 Å². The second kappa shape index (κ2) is 11.7. The molecule has 2 heterocycles. The quantitative estimate of drug-likeness (QED) is 0.257. The van der Waals surface area contributed by atoms with Gasteiger partial charge in [0.1, 0.15) is 17.7 Å². The highest BCUT2D eigenvalue weighted by Gasteiger charge is 2.25. The summed E-state index contributed by atoms with van der Waals surface area (Å²) in [6.07, 6.45) is 1.69. The molecule has 3 aromatic carbocycles. The Bertz CT molecular complexity index is 1320. The molecule has 0 saturated carbocycles. The summed E-state index contributed by atoms with van der Waals surface area (Å²) in [6, 6.07) is 24.4. The Morgan fingerprint density at radius 2 is 1.70 bits per heavy atom. The van der Waals surface area contributed by atoms with Crippen LogP contribution in [0.5, 0.6) is 5.75 Å². The number of hydrogen-bond acceptors (Lipinski definition) is 4. The van der Waals surface area contributed by atoms with E-state index in [4.69, 9.17) is 4.74 Å². The summed E-state index contributed by atoms with van der Waals surface area (Å²) in [7, 11) is 2.13. The first-order valence-electron chi connectivity index (χ1n) is 12.6. The number of rotatable bonds is 8. The maximum Gasteiger partial charge on any atom is 0.253 e. The Labute approximate surface area is 221 Å². The van der Waals surface area contributed by atoms with Crippen LogP contribution in [0.15, 0.2) is 89.6 Å². The molecule has 1 aliphatic rings. The smallest absolute Gasteiger partial charge is 0.253 e. The van der Waals surface area contributed by atoms with Gasteiger partial charge in [-0.3, -0.25) is 9.69 Å². The zero-order valence-electron chi connectivity index (χ0n) is 21.0. The Morgan fingerprint density at radius 3 is 2.46 bits per heavy atom. The lowest BCUT2D eigenvalue weighted by Crippen LogP contribution is -2.41. The van der Waals surface area contributed by atoms with Gasteiger partial charge in [0.15, 0.2) is 0 Å². The molecule has 37 heavy (non-hydrogen) atoms. The fourth-order valence-electron chi connectivity index (χ4n) is 4.80. The van der Waals surface area contributed by atoms with Crippen molar-refractivity contribution >= 4 is 17.2 Å². The molecule has 1 saturated heterocycles. The van der Waals surface area contributed by atoms with E-state index in [1.165, 1.54) is 23.3 Å². The van der Waals surface area contributed by atoms with Crippen LogP contribution in [0.2, 0.25) is 0 Å². The summed E-state index contributed by atoms with van der Waals surface area (Å²) in [5, 5.41) is 4.30. The number of thiophene rings is 1. The minimum atomic E-state index is -0.269. The van der Waals surface area contributed by atoms with E-state index in [1.807, 2.05) is 35.2 Å². The van der Waals surface area contributed by atoms with Gasteiger partial charge >= 0.3 is 0 Å². The maximum atomic E-state index is 13.3. The van der Waals surface area contributed by atoms with E-state index in [0.717, 1.165) is 42.8 Å². The van der Waals surface area contributed by atoms with E-state index in [1.54, 1.807) is 23.5 Å². The summed E-state index contributed by atoms with van der Waals surface area (Å²) in [5.41, 5.74) is 5.01. The van der Waals surface area contributed by atoms with Crippen LogP contribution in [0, 0.1) is 5.82 Å². The van der Waals surface area contributed by atoms with Crippen LogP contribution in [0.4, 0.5) is 4.39 Å². The van der Waals surface area contributed by atoms with Gasteiger partial charge in [0.2, 0.25) is 0 Å². The minimum absolute atomic E-state index is 0.0260. The number of amides is 1. The first kappa shape index (κ1) is 25.2. The van der Waals surface area contributed by atoms with Crippen molar-refractivity contribution in [3.05, 3.63) is 112 Å². The Hall–Kier alpha value is -3.48. The van der Waals surface area contributed by atoms with Crippen molar-refractivity contribution in [3.8, 4) is 16.9 Å². The van der Waals surface area contributed by atoms with Gasteiger partial charge in [-0.2, -0.15) is 11.3 Å². The Kier molecular flexibility index (Phi) is 7.97. The summed E-state index contributed by atoms with van der Waals surface area (Å²) >= 11 is 1.73. The highest BCUT2D eigenvalue weighted by molar-refractivity contribution is 7.07. The molecule has 190 valence electrons. The molecular formula is C31H31FN2O2S. The fourth-order valence-corrected chi connectivity index (χ4v) is 5.46. The van der Waals surface area contributed by atoms with Crippen LogP contribution in [0.3, 0.4) is 0 Å². The topological polar surface area (TPSA) is 32.8 Å². The van der Waals surface area contributed by atoms with Crippen molar-refractivity contribution in [1.82, 2.24) is 9.80 Å². The molecule has 6 heteroatoms. The van der Waals surface area contributed by atoms with E-state index >= 15 is 0 Å². The molecule has 0 radical (unpaired) electrons. The van der Waals surface area contributed by atoms with E-state index < -0.39 is 0 Å². The van der Waals surface area contributed by atoms with Crippen LogP contribution in [-0.4, -0.2) is 41.9 Å². The maximum absolute atomic E-state index is 13.3. The van der Waals surface area contributed by atoms with E-state index in [0.29, 0.717) is 18.7 Å². The third-order valence-corrected chi connectivity index (χ3v) is 7.43. The number of carbonyl (C=O) groups excluding carboxylic acids is 1. The van der Waals surface area contributed by atoms with Gasteiger partial charge in [0.25, 0.3) is 5.91 Å². The summed E-state index contributed by atoms with van der Waals surface area (Å²) in [5.74, 6) is 0.644. The zero-order chi connectivity index (χ0) is 25.6. The predicted molar refractivity (Wildman–Crippen MR) is 147 cm³/mol.